The molecule has 0 aromatic carbocycles. The van der Waals surface area contributed by atoms with Gasteiger partial charge in [0.25, 0.3) is 0 Å². The normalized spacial score (nSPS) is 13.9. The molecule has 0 amide bonds. The van der Waals surface area contributed by atoms with Crippen molar-refractivity contribution in [3.05, 3.63) is 219 Å². The quantitative estimate of drug-likeness (QED) is 0.0262. The minimum Gasteiger partial charge on any atom is -0.462 e. The number of carbonyl (C=O) groups excluding carboxylic acids is 3. The fraction of sp³-hybridized carbons (Fsp3) is 0.409. The van der Waals surface area contributed by atoms with Crippen LogP contribution in [0.1, 0.15) is 156 Å². The molecule has 0 aliphatic heterocycles. The van der Waals surface area contributed by atoms with Gasteiger partial charge in [0.05, 0.1) is 0 Å². The average Bonchev–Trinajstić information content (AvgIpc) is 3.38. The van der Waals surface area contributed by atoms with Gasteiger partial charge in [0.1, 0.15) is 13.2 Å². The van der Waals surface area contributed by atoms with Crippen LogP contribution in [0.4, 0.5) is 0 Å². The van der Waals surface area contributed by atoms with Gasteiger partial charge in [0.2, 0.25) is 0 Å². The predicted octanol–water partition coefficient (Wildman–Crippen LogP) is 18.2. The third-order valence-electron chi connectivity index (χ3n) is 10.2. The van der Waals surface area contributed by atoms with Crippen molar-refractivity contribution in [3.63, 3.8) is 0 Å². The topological polar surface area (TPSA) is 78.9 Å². The summed E-state index contributed by atoms with van der Waals surface area (Å²) in [5, 5.41) is 0. The zero-order valence-electron chi connectivity index (χ0n) is 44.6. The Bertz CT molecular complexity index is 1890. The van der Waals surface area contributed by atoms with Crippen LogP contribution in [0.25, 0.3) is 0 Å². The fourth-order valence-corrected chi connectivity index (χ4v) is 6.19. The van der Waals surface area contributed by atoms with Crippen molar-refractivity contribution in [1.29, 1.82) is 0 Å². The summed E-state index contributed by atoms with van der Waals surface area (Å²) in [5.41, 5.74) is 0. The number of unbranched alkanes of at least 4 members (excludes halogenated alkanes) is 12. The molecule has 0 aromatic rings. The number of hydrogen-bond acceptors (Lipinski definition) is 6. The standard InChI is InChI=1S/C66H92O6/c1-4-7-10-13-16-19-22-25-28-31-33-36-38-41-44-47-50-53-56-59-65(68)71-62-63(61-70-64(67)58-55-52-49-46-43-40-37-34-30-27-24-21-18-15-12-9-6-3)72-66(69)60-57-54-51-48-45-42-39-35-32-29-26-23-20-17-14-11-8-5-2/h7,9-41,43-44,63H,4-6,8,42,45-62H2,1-3H3/b10-7-,12-9-,14-11-,16-13-,18-15-,20-17-,22-19-,24-21-,26-23-,28-25-,30-27-,32-29-,33-31+,37-34+,38-36-,39-35-,43-40-,44-41-. The summed E-state index contributed by atoms with van der Waals surface area (Å²) in [6, 6.07) is 0. The first-order valence-electron chi connectivity index (χ1n) is 27.0. The molecule has 0 saturated carbocycles. The minimum atomic E-state index is -0.846. The highest BCUT2D eigenvalue weighted by Crippen LogP contribution is 2.12. The van der Waals surface area contributed by atoms with Crippen LogP contribution in [0.15, 0.2) is 219 Å². The average molecular weight is 981 g/mol. The van der Waals surface area contributed by atoms with Gasteiger partial charge in [-0.05, 0) is 77.0 Å². The van der Waals surface area contributed by atoms with Gasteiger partial charge in [-0.25, -0.2) is 0 Å². The molecule has 0 spiro atoms. The van der Waals surface area contributed by atoms with Crippen molar-refractivity contribution in [1.82, 2.24) is 0 Å². The van der Waals surface area contributed by atoms with E-state index in [0.717, 1.165) is 89.9 Å². The molecule has 72 heavy (non-hydrogen) atoms. The summed E-state index contributed by atoms with van der Waals surface area (Å²) in [4.78, 5) is 38.1. The molecule has 0 saturated heterocycles. The molecule has 0 radical (unpaired) electrons. The van der Waals surface area contributed by atoms with Crippen LogP contribution in [0.3, 0.4) is 0 Å². The largest absolute Gasteiger partial charge is 0.462 e. The van der Waals surface area contributed by atoms with Gasteiger partial charge in [-0.3, -0.25) is 14.4 Å². The summed E-state index contributed by atoms with van der Waals surface area (Å²) in [7, 11) is 0. The smallest absolute Gasteiger partial charge is 0.306 e. The van der Waals surface area contributed by atoms with E-state index in [0.29, 0.717) is 19.3 Å². The van der Waals surface area contributed by atoms with Crippen molar-refractivity contribution >= 4 is 17.9 Å². The summed E-state index contributed by atoms with van der Waals surface area (Å²) in [6.07, 6.45) is 90.4. The molecule has 0 aromatic heterocycles. The highest BCUT2D eigenvalue weighted by molar-refractivity contribution is 5.71. The van der Waals surface area contributed by atoms with Gasteiger partial charge in [-0.1, -0.05) is 278 Å². The van der Waals surface area contributed by atoms with E-state index in [1.165, 1.54) is 6.42 Å². The van der Waals surface area contributed by atoms with E-state index < -0.39 is 6.10 Å². The number of carbonyl (C=O) groups is 3. The monoisotopic (exact) mass is 981 g/mol. The molecule has 0 heterocycles. The Kier molecular flexibility index (Phi) is 52.3. The molecule has 1 atom stereocenters. The van der Waals surface area contributed by atoms with Crippen molar-refractivity contribution in [2.45, 2.75) is 162 Å². The van der Waals surface area contributed by atoms with Gasteiger partial charge in [-0.2, -0.15) is 0 Å². The zero-order valence-corrected chi connectivity index (χ0v) is 44.6. The maximum absolute atomic E-state index is 12.9. The molecule has 6 heteroatoms. The predicted molar refractivity (Wildman–Crippen MR) is 310 cm³/mol. The lowest BCUT2D eigenvalue weighted by molar-refractivity contribution is -0.167. The Hall–Kier alpha value is -6.27. The highest BCUT2D eigenvalue weighted by atomic mass is 16.6. The SMILES string of the molecule is CC\C=C/C=C\C=C/C=C\C=C\C=C/C=C\CCCCCC(=O)OCC(COC(=O)CCCCC\C=C/C=C/C=C\C=C/C=C\C=C/CC)OC(=O)CCCCCCC\C=C/C=C\C=C/C=C\C=C/CCC. The highest BCUT2D eigenvalue weighted by Gasteiger charge is 2.19. The summed E-state index contributed by atoms with van der Waals surface area (Å²) in [6.45, 7) is 6.12. The molecule has 0 N–H and O–H groups in total. The van der Waals surface area contributed by atoms with Crippen LogP contribution < -0.4 is 0 Å². The maximum Gasteiger partial charge on any atom is 0.306 e. The van der Waals surface area contributed by atoms with E-state index >= 15 is 0 Å². The molecule has 392 valence electrons. The van der Waals surface area contributed by atoms with E-state index in [-0.39, 0.29) is 50.4 Å². The van der Waals surface area contributed by atoms with Crippen LogP contribution in [0, 0.1) is 0 Å². The lowest BCUT2D eigenvalue weighted by atomic mass is 10.1. The second-order valence-corrected chi connectivity index (χ2v) is 16.8. The van der Waals surface area contributed by atoms with Gasteiger partial charge in [-0.15, -0.1) is 0 Å². The Morgan fingerprint density at radius 1 is 0.292 bits per heavy atom. The molecule has 0 fully saturated rings. The number of hydrogen-bond donors (Lipinski definition) is 0. The molecule has 6 nitrogen and oxygen atoms in total. The van der Waals surface area contributed by atoms with Gasteiger partial charge >= 0.3 is 17.9 Å². The first-order chi connectivity index (χ1) is 35.5. The zero-order chi connectivity index (χ0) is 52.2. The molecular formula is C66H92O6. The number of rotatable bonds is 44. The molecule has 0 bridgehead atoms. The van der Waals surface area contributed by atoms with Gasteiger partial charge in [0.15, 0.2) is 6.10 Å². The third kappa shape index (κ3) is 54.7. The molecule has 0 aliphatic rings. The third-order valence-corrected chi connectivity index (χ3v) is 10.2. The van der Waals surface area contributed by atoms with E-state index in [4.69, 9.17) is 14.2 Å². The summed E-state index contributed by atoms with van der Waals surface area (Å²) >= 11 is 0. The summed E-state index contributed by atoms with van der Waals surface area (Å²) in [5.74, 6) is -1.07. The first kappa shape index (κ1) is 65.7. The molecule has 0 aliphatic carbocycles. The fourth-order valence-electron chi connectivity index (χ4n) is 6.19. The molecule has 0 rings (SSSR count). The molecular weight excluding hydrogens is 889 g/mol. The Balaban J connectivity index is 4.71. The first-order valence-corrected chi connectivity index (χ1v) is 27.0. The van der Waals surface area contributed by atoms with Crippen molar-refractivity contribution in [2.75, 3.05) is 13.2 Å². The minimum absolute atomic E-state index is 0.142. The second kappa shape index (κ2) is 57.3. The van der Waals surface area contributed by atoms with Crippen molar-refractivity contribution < 1.29 is 28.6 Å². The number of esters is 3. The van der Waals surface area contributed by atoms with E-state index in [1.807, 2.05) is 170 Å². The summed E-state index contributed by atoms with van der Waals surface area (Å²) < 4.78 is 16.7. The van der Waals surface area contributed by atoms with E-state index in [1.54, 1.807) is 0 Å². The lowest BCUT2D eigenvalue weighted by Gasteiger charge is -2.18. The molecule has 1 unspecified atom stereocenters. The van der Waals surface area contributed by atoms with Crippen LogP contribution in [0.2, 0.25) is 0 Å². The van der Waals surface area contributed by atoms with E-state index in [2.05, 4.69) is 69.4 Å². The Morgan fingerprint density at radius 3 is 0.861 bits per heavy atom. The van der Waals surface area contributed by atoms with Crippen LogP contribution in [0.5, 0.6) is 0 Å². The van der Waals surface area contributed by atoms with Gasteiger partial charge < -0.3 is 14.2 Å². The van der Waals surface area contributed by atoms with Crippen molar-refractivity contribution in [2.24, 2.45) is 0 Å². The van der Waals surface area contributed by atoms with Gasteiger partial charge in [0, 0.05) is 19.3 Å². The lowest BCUT2D eigenvalue weighted by Crippen LogP contribution is -2.30. The number of allylic oxidation sites excluding steroid dienone is 36. The van der Waals surface area contributed by atoms with Crippen LogP contribution in [-0.4, -0.2) is 37.2 Å². The van der Waals surface area contributed by atoms with Crippen LogP contribution in [-0.2, 0) is 28.6 Å². The van der Waals surface area contributed by atoms with Crippen LogP contribution >= 0.6 is 0 Å². The van der Waals surface area contributed by atoms with Crippen molar-refractivity contribution in [3.8, 4) is 0 Å². The Labute approximate surface area is 438 Å². The second-order valence-electron chi connectivity index (χ2n) is 16.8. The Morgan fingerprint density at radius 2 is 0.542 bits per heavy atom. The number of ether oxygens (including phenoxy) is 3. The van der Waals surface area contributed by atoms with E-state index in [9.17, 15) is 14.4 Å². The maximum atomic E-state index is 12.9.